The third-order valence-electron chi connectivity index (χ3n) is 4.22. The van der Waals surface area contributed by atoms with Gasteiger partial charge in [0, 0.05) is 11.1 Å². The fourth-order valence-corrected chi connectivity index (χ4v) is 2.54. The first-order valence-corrected chi connectivity index (χ1v) is 8.63. The molecule has 136 valence electrons. The van der Waals surface area contributed by atoms with Crippen LogP contribution in [0.3, 0.4) is 0 Å². The van der Waals surface area contributed by atoms with Gasteiger partial charge in [-0.05, 0) is 61.4 Å². The summed E-state index contributed by atoms with van der Waals surface area (Å²) in [6.45, 7) is 3.81. The first kappa shape index (κ1) is 18.4. The standard InChI is InChI=1S/C23H20O4/c1-16-8-11-21(14-17(16)2)26-15-22(24)27-20-12-9-19(10-13-20)23(25)18-6-4-3-5-7-18/h3-14H,15H2,1-2H3. The number of ketones is 1. The molecule has 0 fully saturated rings. The van der Waals surface area contributed by atoms with E-state index in [2.05, 4.69) is 0 Å². The number of hydrogen-bond acceptors (Lipinski definition) is 4. The predicted octanol–water partition coefficient (Wildman–Crippen LogP) is 4.52. The molecule has 0 spiro atoms. The van der Waals surface area contributed by atoms with Crippen molar-refractivity contribution in [2.24, 2.45) is 0 Å². The highest BCUT2D eigenvalue weighted by Gasteiger charge is 2.10. The lowest BCUT2D eigenvalue weighted by molar-refractivity contribution is -0.136. The molecular weight excluding hydrogens is 340 g/mol. The van der Waals surface area contributed by atoms with Crippen LogP contribution in [-0.4, -0.2) is 18.4 Å². The second-order valence-electron chi connectivity index (χ2n) is 6.23. The number of benzene rings is 3. The van der Waals surface area contributed by atoms with Gasteiger partial charge in [0.05, 0.1) is 0 Å². The maximum absolute atomic E-state index is 12.4. The largest absolute Gasteiger partial charge is 0.482 e. The lowest BCUT2D eigenvalue weighted by atomic mass is 10.0. The Balaban J connectivity index is 1.57. The number of aryl methyl sites for hydroxylation is 2. The summed E-state index contributed by atoms with van der Waals surface area (Å²) < 4.78 is 10.7. The van der Waals surface area contributed by atoms with Crippen LogP contribution in [0.2, 0.25) is 0 Å². The van der Waals surface area contributed by atoms with E-state index >= 15 is 0 Å². The monoisotopic (exact) mass is 360 g/mol. The minimum atomic E-state index is -0.504. The molecule has 3 aromatic carbocycles. The highest BCUT2D eigenvalue weighted by molar-refractivity contribution is 6.09. The van der Waals surface area contributed by atoms with Crippen molar-refractivity contribution in [2.45, 2.75) is 13.8 Å². The Kier molecular flexibility index (Phi) is 5.67. The average Bonchev–Trinajstić information content (AvgIpc) is 2.69. The van der Waals surface area contributed by atoms with Gasteiger partial charge in [-0.1, -0.05) is 36.4 Å². The van der Waals surface area contributed by atoms with Gasteiger partial charge >= 0.3 is 5.97 Å². The van der Waals surface area contributed by atoms with E-state index in [1.54, 1.807) is 36.4 Å². The van der Waals surface area contributed by atoms with Crippen molar-refractivity contribution >= 4 is 11.8 Å². The fraction of sp³-hybridized carbons (Fsp3) is 0.130. The molecule has 0 radical (unpaired) electrons. The van der Waals surface area contributed by atoms with Gasteiger partial charge in [-0.15, -0.1) is 0 Å². The van der Waals surface area contributed by atoms with E-state index in [0.717, 1.165) is 11.1 Å². The van der Waals surface area contributed by atoms with Crippen LogP contribution < -0.4 is 9.47 Å². The van der Waals surface area contributed by atoms with Crippen LogP contribution in [0.5, 0.6) is 11.5 Å². The average molecular weight is 360 g/mol. The molecule has 3 aromatic rings. The molecule has 0 heterocycles. The minimum Gasteiger partial charge on any atom is -0.482 e. The Morgan fingerprint density at radius 3 is 2.04 bits per heavy atom. The van der Waals surface area contributed by atoms with Crippen LogP contribution in [0, 0.1) is 13.8 Å². The topological polar surface area (TPSA) is 52.6 Å². The smallest absolute Gasteiger partial charge is 0.349 e. The summed E-state index contributed by atoms with van der Waals surface area (Å²) in [6, 6.07) is 21.2. The molecule has 0 aromatic heterocycles. The molecular formula is C23H20O4. The maximum Gasteiger partial charge on any atom is 0.349 e. The molecule has 0 aliphatic rings. The predicted molar refractivity (Wildman–Crippen MR) is 103 cm³/mol. The van der Waals surface area contributed by atoms with Crippen LogP contribution in [0.1, 0.15) is 27.0 Å². The van der Waals surface area contributed by atoms with Gasteiger partial charge in [0.2, 0.25) is 0 Å². The molecule has 0 bridgehead atoms. The molecule has 0 amide bonds. The highest BCUT2D eigenvalue weighted by atomic mass is 16.6. The van der Waals surface area contributed by atoms with E-state index in [1.807, 2.05) is 50.2 Å². The van der Waals surface area contributed by atoms with Crippen molar-refractivity contribution in [3.8, 4) is 11.5 Å². The lowest BCUT2D eigenvalue weighted by Crippen LogP contribution is -2.17. The maximum atomic E-state index is 12.4. The zero-order chi connectivity index (χ0) is 19.2. The van der Waals surface area contributed by atoms with E-state index in [9.17, 15) is 9.59 Å². The van der Waals surface area contributed by atoms with Crippen LogP contribution in [0.15, 0.2) is 72.8 Å². The molecule has 0 atom stereocenters. The highest BCUT2D eigenvalue weighted by Crippen LogP contribution is 2.18. The molecule has 0 saturated heterocycles. The third-order valence-corrected chi connectivity index (χ3v) is 4.22. The van der Waals surface area contributed by atoms with Crippen LogP contribution in [-0.2, 0) is 4.79 Å². The molecule has 0 unspecified atom stereocenters. The summed E-state index contributed by atoms with van der Waals surface area (Å²) >= 11 is 0. The molecule has 27 heavy (non-hydrogen) atoms. The zero-order valence-corrected chi connectivity index (χ0v) is 15.3. The van der Waals surface area contributed by atoms with Gasteiger partial charge in [-0.3, -0.25) is 4.79 Å². The Labute approximate surface area is 158 Å². The summed E-state index contributed by atoms with van der Waals surface area (Å²) in [5.41, 5.74) is 3.41. The van der Waals surface area contributed by atoms with E-state index in [-0.39, 0.29) is 12.4 Å². The second kappa shape index (κ2) is 8.32. The van der Waals surface area contributed by atoms with Gasteiger partial charge in [0.15, 0.2) is 12.4 Å². The Bertz CT molecular complexity index is 944. The number of hydrogen-bond donors (Lipinski definition) is 0. The quantitative estimate of drug-likeness (QED) is 0.368. The van der Waals surface area contributed by atoms with Gasteiger partial charge in [0.1, 0.15) is 11.5 Å². The van der Waals surface area contributed by atoms with E-state index in [1.165, 1.54) is 0 Å². The van der Waals surface area contributed by atoms with Crippen molar-refractivity contribution < 1.29 is 19.1 Å². The van der Waals surface area contributed by atoms with Crippen LogP contribution >= 0.6 is 0 Å². The molecule has 0 N–H and O–H groups in total. The molecule has 0 saturated carbocycles. The number of carbonyl (C=O) groups is 2. The minimum absolute atomic E-state index is 0.0773. The van der Waals surface area contributed by atoms with E-state index in [0.29, 0.717) is 22.6 Å². The van der Waals surface area contributed by atoms with Gasteiger partial charge in [0.25, 0.3) is 0 Å². The van der Waals surface area contributed by atoms with Crippen LogP contribution in [0.4, 0.5) is 0 Å². The molecule has 4 heteroatoms. The number of esters is 1. The Hall–Kier alpha value is -3.40. The Morgan fingerprint density at radius 1 is 0.741 bits per heavy atom. The van der Waals surface area contributed by atoms with E-state index in [4.69, 9.17) is 9.47 Å². The van der Waals surface area contributed by atoms with Crippen molar-refractivity contribution in [2.75, 3.05) is 6.61 Å². The summed E-state index contributed by atoms with van der Waals surface area (Å²) in [5.74, 6) is 0.411. The Morgan fingerprint density at radius 2 is 1.37 bits per heavy atom. The SMILES string of the molecule is Cc1ccc(OCC(=O)Oc2ccc(C(=O)c3ccccc3)cc2)cc1C. The van der Waals surface area contributed by atoms with Crippen molar-refractivity contribution in [1.82, 2.24) is 0 Å². The van der Waals surface area contributed by atoms with Gasteiger partial charge in [-0.2, -0.15) is 0 Å². The summed E-state index contributed by atoms with van der Waals surface area (Å²) in [7, 11) is 0. The van der Waals surface area contributed by atoms with Crippen LogP contribution in [0.25, 0.3) is 0 Å². The fourth-order valence-electron chi connectivity index (χ4n) is 2.54. The first-order valence-electron chi connectivity index (χ1n) is 8.63. The molecule has 0 aliphatic heterocycles. The molecule has 0 aliphatic carbocycles. The normalized spacial score (nSPS) is 10.3. The van der Waals surface area contributed by atoms with Crippen molar-refractivity contribution in [3.05, 3.63) is 95.1 Å². The zero-order valence-electron chi connectivity index (χ0n) is 15.3. The summed E-state index contributed by atoms with van der Waals surface area (Å²) in [4.78, 5) is 24.3. The van der Waals surface area contributed by atoms with E-state index < -0.39 is 5.97 Å². The lowest BCUT2D eigenvalue weighted by Gasteiger charge is -2.09. The number of carbonyl (C=O) groups excluding carboxylic acids is 2. The van der Waals surface area contributed by atoms with Gasteiger partial charge in [-0.25, -0.2) is 4.79 Å². The molecule has 4 nitrogen and oxygen atoms in total. The first-order chi connectivity index (χ1) is 13.0. The number of rotatable bonds is 6. The second-order valence-corrected chi connectivity index (χ2v) is 6.23. The number of ether oxygens (including phenoxy) is 2. The third kappa shape index (κ3) is 4.82. The molecule has 3 rings (SSSR count). The van der Waals surface area contributed by atoms with Crippen molar-refractivity contribution in [3.63, 3.8) is 0 Å². The van der Waals surface area contributed by atoms with Gasteiger partial charge < -0.3 is 9.47 Å². The summed E-state index contributed by atoms with van der Waals surface area (Å²) in [6.07, 6.45) is 0. The van der Waals surface area contributed by atoms with Crippen molar-refractivity contribution in [1.29, 1.82) is 0 Å². The summed E-state index contributed by atoms with van der Waals surface area (Å²) in [5, 5.41) is 0.